The Bertz CT molecular complexity index is 954. The van der Waals surface area contributed by atoms with Crippen LogP contribution in [0.4, 0.5) is 11.4 Å². The average molecular weight is 385 g/mol. The number of amides is 2. The molecule has 1 heterocycles. The molecule has 0 unspecified atom stereocenters. The molecule has 0 saturated heterocycles. The maximum absolute atomic E-state index is 12.1. The highest BCUT2D eigenvalue weighted by atomic mass is 35.5. The van der Waals surface area contributed by atoms with Crippen molar-refractivity contribution in [2.75, 3.05) is 10.6 Å². The second-order valence-electron chi connectivity index (χ2n) is 5.83. The van der Waals surface area contributed by atoms with Gasteiger partial charge in [-0.3, -0.25) is 9.59 Å². The zero-order valence-electron chi connectivity index (χ0n) is 14.5. The molecule has 27 heavy (non-hydrogen) atoms. The molecule has 3 aromatic rings. The largest absolute Gasteiger partial charge is 0.339 e. The number of nitrogens with zero attached hydrogens (tertiary/aromatic N) is 2. The molecule has 0 spiro atoms. The van der Waals surface area contributed by atoms with E-state index in [4.69, 9.17) is 16.1 Å². The molecule has 8 heteroatoms. The predicted molar refractivity (Wildman–Crippen MR) is 102 cm³/mol. The highest BCUT2D eigenvalue weighted by molar-refractivity contribution is 6.30. The van der Waals surface area contributed by atoms with Crippen LogP contribution in [0.2, 0.25) is 5.02 Å². The van der Waals surface area contributed by atoms with Crippen LogP contribution in [0.3, 0.4) is 0 Å². The lowest BCUT2D eigenvalue weighted by molar-refractivity contribution is -0.116. The number of rotatable bonds is 6. The van der Waals surface area contributed by atoms with E-state index in [0.717, 1.165) is 5.56 Å². The lowest BCUT2D eigenvalue weighted by Gasteiger charge is -2.07. The van der Waals surface area contributed by atoms with Gasteiger partial charge in [-0.1, -0.05) is 22.8 Å². The summed E-state index contributed by atoms with van der Waals surface area (Å²) < 4.78 is 5.19. The first-order valence-electron chi connectivity index (χ1n) is 8.25. The van der Waals surface area contributed by atoms with Gasteiger partial charge in [0.1, 0.15) is 0 Å². The summed E-state index contributed by atoms with van der Waals surface area (Å²) in [5.41, 5.74) is 2.00. The standard InChI is InChI=1S/C19H17ClN4O3/c1-12(25)21-15-3-2-4-16(11-15)22-17(26)9-10-18-23-19(24-27-18)13-5-7-14(20)8-6-13/h2-8,11H,9-10H2,1H3,(H,21,25)(H,22,26). The third-order valence-electron chi connectivity index (χ3n) is 3.60. The van der Waals surface area contributed by atoms with Crippen molar-refractivity contribution in [2.45, 2.75) is 19.8 Å². The molecular formula is C19H17ClN4O3. The fourth-order valence-electron chi connectivity index (χ4n) is 2.39. The number of hydrogen-bond acceptors (Lipinski definition) is 5. The number of hydrogen-bond donors (Lipinski definition) is 2. The Balaban J connectivity index is 1.55. The summed E-state index contributed by atoms with van der Waals surface area (Å²) in [6.07, 6.45) is 0.504. The Labute approximate surface area is 160 Å². The summed E-state index contributed by atoms with van der Waals surface area (Å²) >= 11 is 5.86. The number of carbonyl (C=O) groups excluding carboxylic acids is 2. The van der Waals surface area contributed by atoms with E-state index in [1.165, 1.54) is 6.92 Å². The van der Waals surface area contributed by atoms with Crippen molar-refractivity contribution < 1.29 is 14.1 Å². The molecule has 0 fully saturated rings. The minimum Gasteiger partial charge on any atom is -0.339 e. The summed E-state index contributed by atoms with van der Waals surface area (Å²) in [6.45, 7) is 1.42. The monoisotopic (exact) mass is 384 g/mol. The maximum Gasteiger partial charge on any atom is 0.227 e. The Morgan fingerprint density at radius 3 is 2.48 bits per heavy atom. The van der Waals surface area contributed by atoms with Crippen molar-refractivity contribution in [3.63, 3.8) is 0 Å². The van der Waals surface area contributed by atoms with Crippen LogP contribution in [-0.2, 0) is 16.0 Å². The maximum atomic E-state index is 12.1. The molecule has 2 N–H and O–H groups in total. The van der Waals surface area contributed by atoms with Crippen molar-refractivity contribution in [2.24, 2.45) is 0 Å². The van der Waals surface area contributed by atoms with Crippen LogP contribution in [0.1, 0.15) is 19.2 Å². The number of carbonyl (C=O) groups is 2. The van der Waals surface area contributed by atoms with Gasteiger partial charge in [-0.05, 0) is 42.5 Å². The third kappa shape index (κ3) is 5.39. The first-order chi connectivity index (χ1) is 13.0. The molecule has 0 saturated carbocycles. The lowest BCUT2D eigenvalue weighted by atomic mass is 10.2. The Morgan fingerprint density at radius 2 is 1.78 bits per heavy atom. The molecule has 0 radical (unpaired) electrons. The lowest BCUT2D eigenvalue weighted by Crippen LogP contribution is -2.13. The number of halogens is 1. The summed E-state index contributed by atoms with van der Waals surface area (Å²) in [5, 5.41) is 9.98. The van der Waals surface area contributed by atoms with Gasteiger partial charge >= 0.3 is 0 Å². The van der Waals surface area contributed by atoms with Gasteiger partial charge in [0.2, 0.25) is 23.5 Å². The van der Waals surface area contributed by atoms with Gasteiger partial charge in [0.05, 0.1) is 0 Å². The molecule has 0 aliphatic carbocycles. The number of benzene rings is 2. The normalized spacial score (nSPS) is 10.4. The van der Waals surface area contributed by atoms with Crippen LogP contribution in [-0.4, -0.2) is 22.0 Å². The fraction of sp³-hybridized carbons (Fsp3) is 0.158. The molecular weight excluding hydrogens is 368 g/mol. The van der Waals surface area contributed by atoms with E-state index >= 15 is 0 Å². The molecule has 3 rings (SSSR count). The van der Waals surface area contributed by atoms with E-state index in [0.29, 0.717) is 34.5 Å². The van der Waals surface area contributed by atoms with E-state index in [9.17, 15) is 9.59 Å². The number of aryl methyl sites for hydroxylation is 1. The zero-order chi connectivity index (χ0) is 19.2. The van der Waals surface area contributed by atoms with E-state index in [1.54, 1.807) is 48.5 Å². The van der Waals surface area contributed by atoms with Gasteiger partial charge in [0, 0.05) is 41.7 Å². The van der Waals surface area contributed by atoms with Crippen molar-refractivity contribution in [1.29, 1.82) is 0 Å². The van der Waals surface area contributed by atoms with Crippen molar-refractivity contribution >= 4 is 34.8 Å². The predicted octanol–water partition coefficient (Wildman–Crippen LogP) is 3.92. The van der Waals surface area contributed by atoms with Crippen molar-refractivity contribution in [1.82, 2.24) is 10.1 Å². The van der Waals surface area contributed by atoms with E-state index < -0.39 is 0 Å². The van der Waals surface area contributed by atoms with Gasteiger partial charge in [0.15, 0.2) is 0 Å². The molecule has 7 nitrogen and oxygen atoms in total. The van der Waals surface area contributed by atoms with Crippen LogP contribution in [0.5, 0.6) is 0 Å². The highest BCUT2D eigenvalue weighted by Gasteiger charge is 2.11. The van der Waals surface area contributed by atoms with Crippen molar-refractivity contribution in [3.8, 4) is 11.4 Å². The molecule has 0 bridgehead atoms. The summed E-state index contributed by atoms with van der Waals surface area (Å²) in [4.78, 5) is 27.5. The quantitative estimate of drug-likeness (QED) is 0.671. The second-order valence-corrected chi connectivity index (χ2v) is 6.27. The summed E-state index contributed by atoms with van der Waals surface area (Å²) in [5.74, 6) is 0.458. The van der Waals surface area contributed by atoms with Crippen LogP contribution >= 0.6 is 11.6 Å². The Hall–Kier alpha value is -3.19. The summed E-state index contributed by atoms with van der Waals surface area (Å²) in [6, 6.07) is 14.0. The van der Waals surface area contributed by atoms with Gasteiger partial charge < -0.3 is 15.2 Å². The van der Waals surface area contributed by atoms with Crippen LogP contribution in [0, 0.1) is 0 Å². The summed E-state index contributed by atoms with van der Waals surface area (Å²) in [7, 11) is 0. The average Bonchev–Trinajstić information content (AvgIpc) is 3.09. The topological polar surface area (TPSA) is 97.1 Å². The van der Waals surface area contributed by atoms with Crippen molar-refractivity contribution in [3.05, 3.63) is 59.4 Å². The minimum atomic E-state index is -0.193. The third-order valence-corrected chi connectivity index (χ3v) is 3.86. The smallest absolute Gasteiger partial charge is 0.227 e. The van der Waals surface area contributed by atoms with Crippen LogP contribution < -0.4 is 10.6 Å². The minimum absolute atomic E-state index is 0.175. The molecule has 0 aliphatic rings. The van der Waals surface area contributed by atoms with Gasteiger partial charge in [-0.2, -0.15) is 4.98 Å². The zero-order valence-corrected chi connectivity index (χ0v) is 15.3. The molecule has 0 atom stereocenters. The molecule has 138 valence electrons. The number of nitrogens with one attached hydrogen (secondary N) is 2. The van der Waals surface area contributed by atoms with Gasteiger partial charge in [-0.15, -0.1) is 0 Å². The number of anilines is 2. The number of aromatic nitrogens is 2. The van der Waals surface area contributed by atoms with E-state index in [2.05, 4.69) is 20.8 Å². The van der Waals surface area contributed by atoms with Gasteiger partial charge in [0.25, 0.3) is 0 Å². The fourth-order valence-corrected chi connectivity index (χ4v) is 2.52. The first-order valence-corrected chi connectivity index (χ1v) is 8.63. The molecule has 1 aromatic heterocycles. The van der Waals surface area contributed by atoms with E-state index in [1.807, 2.05) is 0 Å². The van der Waals surface area contributed by atoms with E-state index in [-0.39, 0.29) is 18.2 Å². The molecule has 0 aliphatic heterocycles. The Kier molecular flexibility index (Phi) is 5.83. The second kappa shape index (κ2) is 8.46. The van der Waals surface area contributed by atoms with Crippen LogP contribution in [0.15, 0.2) is 53.1 Å². The van der Waals surface area contributed by atoms with Gasteiger partial charge in [-0.25, -0.2) is 0 Å². The molecule has 2 aromatic carbocycles. The highest BCUT2D eigenvalue weighted by Crippen LogP contribution is 2.19. The SMILES string of the molecule is CC(=O)Nc1cccc(NC(=O)CCc2nc(-c3ccc(Cl)cc3)no2)c1. The molecule has 2 amide bonds. The Morgan fingerprint density at radius 1 is 1.07 bits per heavy atom. The first kappa shape index (κ1) is 18.6. The van der Waals surface area contributed by atoms with Crippen LogP contribution in [0.25, 0.3) is 11.4 Å².